The number of nitro groups is 1. The molecule has 0 aliphatic carbocycles. The van der Waals surface area contributed by atoms with E-state index < -0.39 is 34.2 Å². The highest BCUT2D eigenvalue weighted by Crippen LogP contribution is 2.38. The van der Waals surface area contributed by atoms with E-state index in [2.05, 4.69) is 11.3 Å². The topological polar surface area (TPSA) is 143 Å². The van der Waals surface area contributed by atoms with Crippen LogP contribution in [-0.2, 0) is 9.53 Å². The Morgan fingerprint density at radius 2 is 2.04 bits per heavy atom. The van der Waals surface area contributed by atoms with E-state index in [0.717, 1.165) is 18.2 Å². The third kappa shape index (κ3) is 5.57. The lowest BCUT2D eigenvalue weighted by molar-refractivity contribution is -0.385. The van der Waals surface area contributed by atoms with Gasteiger partial charge in [0.05, 0.1) is 4.92 Å². The van der Waals surface area contributed by atoms with Crippen molar-refractivity contribution in [2.45, 2.75) is 13.8 Å². The molecule has 0 unspecified atom stereocenters. The molecule has 148 valence electrons. The zero-order valence-corrected chi connectivity index (χ0v) is 15.4. The van der Waals surface area contributed by atoms with Crippen LogP contribution in [0.15, 0.2) is 30.4 Å². The number of nitrogens with zero attached hydrogens (tertiary/aromatic N) is 3. The van der Waals surface area contributed by atoms with E-state index in [4.69, 9.17) is 4.74 Å². The van der Waals surface area contributed by atoms with Gasteiger partial charge in [0.25, 0.3) is 5.91 Å². The van der Waals surface area contributed by atoms with E-state index in [1.165, 1.54) is 11.0 Å². The summed E-state index contributed by atoms with van der Waals surface area (Å²) in [5.74, 6) is -2.01. The lowest BCUT2D eigenvalue weighted by Gasteiger charge is -2.17. The average molecular weight is 389 g/mol. The first kappa shape index (κ1) is 22.2. The van der Waals surface area contributed by atoms with Crippen LogP contribution in [0.2, 0.25) is 0 Å². The average Bonchev–Trinajstić information content (AvgIpc) is 2.67. The van der Waals surface area contributed by atoms with Gasteiger partial charge in [0, 0.05) is 19.2 Å². The van der Waals surface area contributed by atoms with Crippen LogP contribution >= 0.6 is 0 Å². The third-order valence-electron chi connectivity index (χ3n) is 3.50. The van der Waals surface area contributed by atoms with Crippen LogP contribution in [0.1, 0.15) is 19.4 Å². The number of hydrogen-bond acceptors (Lipinski definition) is 8. The lowest BCUT2D eigenvalue weighted by atomic mass is 10.1. The van der Waals surface area contributed by atoms with E-state index >= 15 is 0 Å². The molecule has 0 aliphatic heterocycles. The zero-order valence-electron chi connectivity index (χ0n) is 15.4. The molecule has 0 aliphatic rings. The molecular weight excluding hydrogens is 370 g/mol. The number of likely N-dealkylation sites (N-methyl/N-ethyl adjacent to an activating group) is 1. The van der Waals surface area contributed by atoms with Gasteiger partial charge in [-0.25, -0.2) is 4.79 Å². The van der Waals surface area contributed by atoms with Crippen molar-refractivity contribution in [2.24, 2.45) is 0 Å². The Balaban J connectivity index is 3.40. The van der Waals surface area contributed by atoms with Crippen LogP contribution in [0.3, 0.4) is 0 Å². The highest BCUT2D eigenvalue weighted by molar-refractivity contribution is 6.01. The summed E-state index contributed by atoms with van der Waals surface area (Å²) in [6.45, 7) is 7.40. The summed E-state index contributed by atoms with van der Waals surface area (Å²) in [5.41, 5.74) is -1.04. The first-order valence-corrected chi connectivity index (χ1v) is 8.16. The first-order chi connectivity index (χ1) is 13.3. The Kier molecular flexibility index (Phi) is 8.17. The van der Waals surface area contributed by atoms with Crippen LogP contribution in [0.5, 0.6) is 11.5 Å². The number of phenolic OH excluding ortho intramolecular Hbond substituents is 1. The minimum Gasteiger partial charge on any atom is -0.499 e. The minimum atomic E-state index is -1.22. The molecule has 0 atom stereocenters. The van der Waals surface area contributed by atoms with E-state index in [1.54, 1.807) is 19.9 Å². The van der Waals surface area contributed by atoms with Crippen molar-refractivity contribution >= 4 is 23.8 Å². The SMILES string of the molecule is C=CCOC(=O)Oc1cc(/C=C(\C#N)C(=O)N(CC)CC)cc([N+](=O)[O-])c1O. The maximum atomic E-state index is 12.3. The smallest absolute Gasteiger partial charge is 0.499 e. The molecule has 0 fully saturated rings. The molecule has 10 heteroatoms. The number of carbonyl (C=O) groups is 2. The summed E-state index contributed by atoms with van der Waals surface area (Å²) < 4.78 is 9.38. The molecule has 0 saturated heterocycles. The summed E-state index contributed by atoms with van der Waals surface area (Å²) in [4.78, 5) is 35.6. The summed E-state index contributed by atoms with van der Waals surface area (Å²) >= 11 is 0. The molecule has 0 radical (unpaired) electrons. The van der Waals surface area contributed by atoms with Gasteiger partial charge in [-0.3, -0.25) is 14.9 Å². The van der Waals surface area contributed by atoms with Crippen molar-refractivity contribution < 1.29 is 29.1 Å². The number of ether oxygens (including phenoxy) is 2. The number of phenols is 1. The van der Waals surface area contributed by atoms with Crippen molar-refractivity contribution in [3.8, 4) is 17.6 Å². The zero-order chi connectivity index (χ0) is 21.3. The maximum Gasteiger partial charge on any atom is 0.514 e. The second-order valence-electron chi connectivity index (χ2n) is 5.24. The summed E-state index contributed by atoms with van der Waals surface area (Å²) in [7, 11) is 0. The lowest BCUT2D eigenvalue weighted by Crippen LogP contribution is -2.31. The van der Waals surface area contributed by atoms with Gasteiger partial charge >= 0.3 is 11.8 Å². The molecule has 10 nitrogen and oxygen atoms in total. The van der Waals surface area contributed by atoms with Crippen molar-refractivity contribution in [3.63, 3.8) is 0 Å². The molecule has 1 aromatic rings. The predicted molar refractivity (Wildman–Crippen MR) is 98.5 cm³/mol. The molecule has 1 amide bonds. The van der Waals surface area contributed by atoms with Crippen molar-refractivity contribution in [2.75, 3.05) is 19.7 Å². The summed E-state index contributed by atoms with van der Waals surface area (Å²) in [5, 5.41) is 30.4. The molecule has 0 aromatic heterocycles. The maximum absolute atomic E-state index is 12.3. The Morgan fingerprint density at radius 1 is 1.39 bits per heavy atom. The Bertz CT molecular complexity index is 851. The van der Waals surface area contributed by atoms with E-state index in [0.29, 0.717) is 13.1 Å². The van der Waals surface area contributed by atoms with Gasteiger partial charge in [0.1, 0.15) is 18.2 Å². The van der Waals surface area contributed by atoms with Gasteiger partial charge in [-0.1, -0.05) is 12.7 Å². The molecule has 28 heavy (non-hydrogen) atoms. The van der Waals surface area contributed by atoms with Gasteiger partial charge in [0.2, 0.25) is 5.75 Å². The molecule has 1 N–H and O–H groups in total. The van der Waals surface area contributed by atoms with Crippen LogP contribution in [0.25, 0.3) is 6.08 Å². The normalized spacial score (nSPS) is 10.5. The first-order valence-electron chi connectivity index (χ1n) is 8.16. The molecule has 0 bridgehead atoms. The van der Waals surface area contributed by atoms with Crippen molar-refractivity contribution in [1.29, 1.82) is 5.26 Å². The van der Waals surface area contributed by atoms with Crippen LogP contribution in [0.4, 0.5) is 10.5 Å². The number of benzene rings is 1. The second-order valence-corrected chi connectivity index (χ2v) is 5.24. The number of nitro benzene ring substituents is 1. The number of nitriles is 1. The van der Waals surface area contributed by atoms with Crippen molar-refractivity contribution in [3.05, 3.63) is 46.0 Å². The summed E-state index contributed by atoms with van der Waals surface area (Å²) in [6, 6.07) is 3.77. The molecular formula is C18H19N3O7. The van der Waals surface area contributed by atoms with Gasteiger partial charge in [0.15, 0.2) is 5.75 Å². The Hall–Kier alpha value is -3.87. The van der Waals surface area contributed by atoms with Gasteiger partial charge in [-0.2, -0.15) is 5.26 Å². The molecule has 0 heterocycles. The predicted octanol–water partition coefficient (Wildman–Crippen LogP) is 2.78. The van der Waals surface area contributed by atoms with E-state index in [-0.39, 0.29) is 17.7 Å². The molecule has 1 aromatic carbocycles. The highest BCUT2D eigenvalue weighted by atomic mass is 16.7. The van der Waals surface area contributed by atoms with Gasteiger partial charge in [-0.05, 0) is 31.6 Å². The number of aromatic hydroxyl groups is 1. The highest BCUT2D eigenvalue weighted by Gasteiger charge is 2.23. The fourth-order valence-corrected chi connectivity index (χ4v) is 2.15. The van der Waals surface area contributed by atoms with Gasteiger partial charge < -0.3 is 19.5 Å². The number of amides is 1. The third-order valence-corrected chi connectivity index (χ3v) is 3.50. The fraction of sp³-hybridized carbons (Fsp3) is 0.278. The Morgan fingerprint density at radius 3 is 2.54 bits per heavy atom. The standard InChI is InChI=1S/C18H19N3O7/c1-4-7-27-18(24)28-15-10-12(9-14(16(15)22)21(25)26)8-13(11-19)17(23)20(5-2)6-3/h4,8-10,22H,1,5-7H2,2-3H3/b13-8+. The second kappa shape index (κ2) is 10.3. The quantitative estimate of drug-likeness (QED) is 0.136. The fourth-order valence-electron chi connectivity index (χ4n) is 2.15. The van der Waals surface area contributed by atoms with E-state index in [1.807, 2.05) is 0 Å². The molecule has 0 saturated carbocycles. The number of carbonyl (C=O) groups excluding carboxylic acids is 2. The molecule has 0 spiro atoms. The van der Waals surface area contributed by atoms with E-state index in [9.17, 15) is 30.1 Å². The van der Waals surface area contributed by atoms with Crippen LogP contribution < -0.4 is 4.74 Å². The minimum absolute atomic E-state index is 0.00748. The largest absolute Gasteiger partial charge is 0.514 e. The number of rotatable bonds is 8. The molecule has 1 rings (SSSR count). The van der Waals surface area contributed by atoms with Crippen molar-refractivity contribution in [1.82, 2.24) is 4.90 Å². The van der Waals surface area contributed by atoms with Crippen LogP contribution in [-0.4, -0.2) is 46.7 Å². The van der Waals surface area contributed by atoms with Gasteiger partial charge in [-0.15, -0.1) is 0 Å². The number of hydrogen-bond donors (Lipinski definition) is 1. The monoisotopic (exact) mass is 389 g/mol. The summed E-state index contributed by atoms with van der Waals surface area (Å²) in [6.07, 6.45) is 1.17. The Labute approximate surface area is 161 Å². The van der Waals surface area contributed by atoms with Crippen LogP contribution in [0, 0.1) is 21.4 Å².